The first-order chi connectivity index (χ1) is 21.8. The van der Waals surface area contributed by atoms with Crippen molar-refractivity contribution in [3.05, 3.63) is 82.3 Å². The molecule has 46 heavy (non-hydrogen) atoms. The van der Waals surface area contributed by atoms with Gasteiger partial charge in [-0.25, -0.2) is 9.37 Å². The minimum absolute atomic E-state index is 0.175. The molecule has 2 heterocycles. The summed E-state index contributed by atoms with van der Waals surface area (Å²) >= 11 is 0. The zero-order valence-electron chi connectivity index (χ0n) is 28.4. The number of aromatic nitrogens is 1. The molecule has 2 amide bonds. The average molecular weight is 626 g/mol. The van der Waals surface area contributed by atoms with Gasteiger partial charge in [0, 0.05) is 35.4 Å². The van der Waals surface area contributed by atoms with Crippen molar-refractivity contribution >= 4 is 35.1 Å². The summed E-state index contributed by atoms with van der Waals surface area (Å²) in [6.45, 7) is 17.9. The molecule has 0 atom stereocenters. The number of allylic oxidation sites excluding steroid dienone is 4. The molecule has 8 heteroatoms. The van der Waals surface area contributed by atoms with Crippen LogP contribution in [0.15, 0.2) is 65.1 Å². The fraction of sp³-hybridized carbons (Fsp3) is 0.474. The van der Waals surface area contributed by atoms with E-state index in [2.05, 4.69) is 47.3 Å². The number of carbonyl (C=O) groups excluding carboxylic acids is 2. The van der Waals surface area contributed by atoms with Crippen molar-refractivity contribution in [3.8, 4) is 0 Å². The van der Waals surface area contributed by atoms with Gasteiger partial charge in [0.2, 0.25) is 5.91 Å². The number of pyridine rings is 1. The molecule has 0 saturated heterocycles. The largest absolute Gasteiger partial charge is 0.344 e. The lowest BCUT2D eigenvalue weighted by atomic mass is 9.77. The average Bonchev–Trinajstić information content (AvgIpc) is 3.76. The van der Waals surface area contributed by atoms with Crippen molar-refractivity contribution in [2.24, 2.45) is 10.9 Å². The molecule has 2 fully saturated rings. The van der Waals surface area contributed by atoms with E-state index in [0.717, 1.165) is 70.6 Å². The molecule has 1 aromatic carbocycles. The Balaban J connectivity index is 1.40. The second kappa shape index (κ2) is 13.0. The van der Waals surface area contributed by atoms with Crippen LogP contribution < -0.4 is 15.5 Å². The summed E-state index contributed by atoms with van der Waals surface area (Å²) in [7, 11) is 0. The van der Waals surface area contributed by atoms with Gasteiger partial charge in [-0.3, -0.25) is 14.6 Å². The van der Waals surface area contributed by atoms with E-state index in [-0.39, 0.29) is 17.9 Å². The molecule has 244 valence electrons. The SMILES string of the molecule is C=C(/C=C(N=CCC)\C(C)=C(/C)Nc1cc(C(=O)NC2(CF)CC2)c(C)cn1)c1ccc2c(c1)N(C1CC(CC)C1)C(=O)C2(C)C. The molecule has 2 N–H and O–H groups in total. The van der Waals surface area contributed by atoms with Crippen LogP contribution in [0.3, 0.4) is 0 Å². The van der Waals surface area contributed by atoms with Crippen LogP contribution in [0, 0.1) is 12.8 Å². The van der Waals surface area contributed by atoms with Crippen LogP contribution in [0.2, 0.25) is 0 Å². The Labute approximate surface area is 273 Å². The summed E-state index contributed by atoms with van der Waals surface area (Å²) in [6.07, 6.45) is 10.8. The van der Waals surface area contributed by atoms with Gasteiger partial charge in [-0.15, -0.1) is 0 Å². The predicted molar refractivity (Wildman–Crippen MR) is 186 cm³/mol. The third-order valence-electron chi connectivity index (χ3n) is 10.0. The summed E-state index contributed by atoms with van der Waals surface area (Å²) in [5.74, 6) is 1.09. The van der Waals surface area contributed by atoms with E-state index in [0.29, 0.717) is 30.1 Å². The maximum Gasteiger partial charge on any atom is 0.252 e. The van der Waals surface area contributed by atoms with Crippen LogP contribution in [0.25, 0.3) is 5.57 Å². The number of nitrogens with zero attached hydrogens (tertiary/aromatic N) is 3. The molecule has 0 radical (unpaired) electrons. The Kier molecular flexibility index (Phi) is 9.39. The molecule has 1 aromatic heterocycles. The highest BCUT2D eigenvalue weighted by Gasteiger charge is 2.49. The number of aryl methyl sites for hydroxylation is 1. The lowest BCUT2D eigenvalue weighted by Gasteiger charge is -2.41. The Bertz CT molecular complexity index is 1640. The first-order valence-corrected chi connectivity index (χ1v) is 16.6. The van der Waals surface area contributed by atoms with E-state index in [1.807, 2.05) is 58.7 Å². The van der Waals surface area contributed by atoms with Gasteiger partial charge < -0.3 is 15.5 Å². The monoisotopic (exact) mass is 625 g/mol. The maximum atomic E-state index is 13.6. The van der Waals surface area contributed by atoms with Crippen molar-refractivity contribution < 1.29 is 14.0 Å². The molecule has 2 saturated carbocycles. The van der Waals surface area contributed by atoms with Gasteiger partial charge in [-0.2, -0.15) is 0 Å². The molecule has 0 bridgehead atoms. The summed E-state index contributed by atoms with van der Waals surface area (Å²) in [5.41, 5.74) is 6.18. The first kappa shape index (κ1) is 33.3. The van der Waals surface area contributed by atoms with Crippen LogP contribution in [0.5, 0.6) is 0 Å². The summed E-state index contributed by atoms with van der Waals surface area (Å²) in [4.78, 5) is 37.8. The van der Waals surface area contributed by atoms with Crippen LogP contribution in [-0.4, -0.2) is 41.3 Å². The lowest BCUT2D eigenvalue weighted by Crippen LogP contribution is -2.49. The number of fused-ring (bicyclic) bond motifs is 1. The van der Waals surface area contributed by atoms with E-state index < -0.39 is 17.6 Å². The van der Waals surface area contributed by atoms with E-state index in [4.69, 9.17) is 4.99 Å². The van der Waals surface area contributed by atoms with Crippen molar-refractivity contribution in [2.75, 3.05) is 16.9 Å². The van der Waals surface area contributed by atoms with Gasteiger partial charge in [0.25, 0.3) is 5.91 Å². The van der Waals surface area contributed by atoms with Crippen molar-refractivity contribution in [3.63, 3.8) is 0 Å². The quantitative estimate of drug-likeness (QED) is 0.184. The van der Waals surface area contributed by atoms with Crippen LogP contribution in [0.1, 0.15) is 107 Å². The molecule has 5 rings (SSSR count). The second-order valence-electron chi connectivity index (χ2n) is 13.8. The standard InChI is InChI=1S/C38H48FN5O2/c1-9-15-40-32(25(5)26(6)42-34-20-30(24(4)21-41-34)35(45)43-38(22-39)13-14-38)16-23(3)28-11-12-31-33(19-28)44(36(46)37(31,7)8)29-17-27(10-2)18-29/h11-12,15-16,19-21,27,29H,3,9-10,13-14,17-18,22H2,1-2,4-8H3,(H,41,42)(H,43,45)/b26-25+,32-16+,40-15?. The molecule has 7 nitrogen and oxygen atoms in total. The Morgan fingerprint density at radius 3 is 2.54 bits per heavy atom. The van der Waals surface area contributed by atoms with E-state index in [9.17, 15) is 14.0 Å². The van der Waals surface area contributed by atoms with Gasteiger partial charge in [-0.1, -0.05) is 39.0 Å². The Morgan fingerprint density at radius 1 is 1.20 bits per heavy atom. The summed E-state index contributed by atoms with van der Waals surface area (Å²) < 4.78 is 13.4. The van der Waals surface area contributed by atoms with Crippen LogP contribution in [-0.2, 0) is 10.2 Å². The summed E-state index contributed by atoms with van der Waals surface area (Å²) in [6, 6.07) is 8.20. The highest BCUT2D eigenvalue weighted by atomic mass is 19.1. The molecular formula is C38H48FN5O2. The third kappa shape index (κ3) is 6.44. The molecule has 2 aromatic rings. The van der Waals surface area contributed by atoms with Gasteiger partial charge in [0.1, 0.15) is 12.5 Å². The van der Waals surface area contributed by atoms with Crippen LogP contribution >= 0.6 is 0 Å². The van der Waals surface area contributed by atoms with Gasteiger partial charge in [0.05, 0.1) is 16.7 Å². The first-order valence-electron chi connectivity index (χ1n) is 16.6. The molecule has 2 aliphatic carbocycles. The number of anilines is 2. The fourth-order valence-corrected chi connectivity index (χ4v) is 6.34. The minimum Gasteiger partial charge on any atom is -0.344 e. The number of aliphatic imine (C=N–C) groups is 1. The molecule has 0 spiro atoms. The molecule has 1 aliphatic heterocycles. The number of rotatable bonds is 12. The number of nitrogens with one attached hydrogen (secondary N) is 2. The lowest BCUT2D eigenvalue weighted by molar-refractivity contribution is -0.123. The minimum atomic E-state index is -0.718. The molecule has 3 aliphatic rings. The smallest absolute Gasteiger partial charge is 0.252 e. The molecular weight excluding hydrogens is 577 g/mol. The number of hydrogen-bond acceptors (Lipinski definition) is 5. The Hall–Kier alpha value is -4.07. The Morgan fingerprint density at radius 2 is 1.91 bits per heavy atom. The molecule has 0 unspecified atom stereocenters. The zero-order chi connectivity index (χ0) is 33.4. The van der Waals surface area contributed by atoms with E-state index in [1.165, 1.54) is 0 Å². The van der Waals surface area contributed by atoms with Crippen molar-refractivity contribution in [1.29, 1.82) is 0 Å². The number of carbonyl (C=O) groups is 2. The number of amides is 2. The maximum absolute atomic E-state index is 13.6. The highest BCUT2D eigenvalue weighted by molar-refractivity contribution is 6.08. The van der Waals surface area contributed by atoms with E-state index >= 15 is 0 Å². The van der Waals surface area contributed by atoms with Gasteiger partial charge >= 0.3 is 0 Å². The van der Waals surface area contributed by atoms with Crippen molar-refractivity contribution in [2.45, 2.75) is 104 Å². The van der Waals surface area contributed by atoms with Gasteiger partial charge in [-0.05, 0) is 119 Å². The highest BCUT2D eigenvalue weighted by Crippen LogP contribution is 2.48. The van der Waals surface area contributed by atoms with Gasteiger partial charge in [0.15, 0.2) is 0 Å². The topological polar surface area (TPSA) is 86.7 Å². The number of alkyl halides is 1. The normalized spacial score (nSPS) is 21.9. The van der Waals surface area contributed by atoms with E-state index in [1.54, 1.807) is 12.3 Å². The summed E-state index contributed by atoms with van der Waals surface area (Å²) in [5, 5.41) is 6.20. The third-order valence-corrected chi connectivity index (χ3v) is 10.0. The number of hydrogen-bond donors (Lipinski definition) is 2. The van der Waals surface area contributed by atoms with Crippen LogP contribution in [0.4, 0.5) is 15.9 Å². The number of halogens is 1. The predicted octanol–water partition coefficient (Wildman–Crippen LogP) is 8.22. The zero-order valence-corrected chi connectivity index (χ0v) is 28.4. The fourth-order valence-electron chi connectivity index (χ4n) is 6.34. The van der Waals surface area contributed by atoms with Crippen molar-refractivity contribution in [1.82, 2.24) is 10.3 Å². The second-order valence-corrected chi connectivity index (χ2v) is 13.8. The number of benzene rings is 1.